The fourth-order valence-corrected chi connectivity index (χ4v) is 8.30. The minimum atomic E-state index is -3.89. The summed E-state index contributed by atoms with van der Waals surface area (Å²) in [5.74, 6) is -1.30. The molecule has 3 aromatic carbocycles. The number of carbonyl (C=O) groups is 2. The topological polar surface area (TPSA) is 123 Å². The van der Waals surface area contributed by atoms with Gasteiger partial charge in [-0.1, -0.05) is 49.2 Å². The van der Waals surface area contributed by atoms with Gasteiger partial charge in [0.15, 0.2) is 5.60 Å². The Morgan fingerprint density at radius 1 is 1.04 bits per heavy atom. The van der Waals surface area contributed by atoms with Crippen LogP contribution < -0.4 is 19.7 Å². The number of amides is 2. The zero-order valence-electron chi connectivity index (χ0n) is 28.6. The Hall–Kier alpha value is -3.42. The second-order valence-corrected chi connectivity index (χ2v) is 15.4. The van der Waals surface area contributed by atoms with Crippen LogP contribution in [0.25, 0.3) is 0 Å². The molecule has 2 aliphatic heterocycles. The van der Waals surface area contributed by atoms with Gasteiger partial charge in [-0.2, -0.15) is 0 Å². The molecule has 1 spiro atoms. The minimum absolute atomic E-state index is 0.0286. The summed E-state index contributed by atoms with van der Waals surface area (Å²) >= 11 is 13.2. The van der Waals surface area contributed by atoms with Gasteiger partial charge >= 0.3 is 6.09 Å². The third-order valence-corrected chi connectivity index (χ3v) is 10.9. The monoisotopic (exact) mass is 749 g/mol. The number of sulfonamides is 1. The average Bonchev–Trinajstić information content (AvgIpc) is 3.39. The van der Waals surface area contributed by atoms with E-state index in [0.717, 1.165) is 17.4 Å². The van der Waals surface area contributed by atoms with Crippen molar-refractivity contribution in [1.29, 1.82) is 0 Å². The molecule has 0 saturated carbocycles. The lowest BCUT2D eigenvalue weighted by atomic mass is 9.59. The van der Waals surface area contributed by atoms with Crippen molar-refractivity contribution >= 4 is 50.9 Å². The molecule has 0 aromatic heterocycles. The summed E-state index contributed by atoms with van der Waals surface area (Å²) in [5, 5.41) is 4.47. The van der Waals surface area contributed by atoms with Gasteiger partial charge in [0.2, 0.25) is 10.0 Å². The van der Waals surface area contributed by atoms with Gasteiger partial charge < -0.3 is 19.5 Å². The molecule has 3 aromatic rings. The first-order valence-corrected chi connectivity index (χ1v) is 19.1. The maximum absolute atomic E-state index is 15.0. The number of hydrogen-bond acceptors (Lipinski definition) is 8. The molecule has 50 heavy (non-hydrogen) atoms. The number of benzene rings is 3. The quantitative estimate of drug-likeness (QED) is 0.205. The second-order valence-electron chi connectivity index (χ2n) is 12.8. The van der Waals surface area contributed by atoms with Crippen molar-refractivity contribution in [1.82, 2.24) is 10.0 Å². The van der Waals surface area contributed by atoms with E-state index in [1.165, 1.54) is 19.2 Å². The van der Waals surface area contributed by atoms with Crippen LogP contribution in [0.15, 0.2) is 54.6 Å². The van der Waals surface area contributed by atoms with Gasteiger partial charge in [0.05, 0.1) is 18.6 Å². The van der Waals surface area contributed by atoms with E-state index in [1.54, 1.807) is 55.1 Å². The maximum atomic E-state index is 15.0. The molecule has 0 unspecified atom stereocenters. The number of aryl methyl sites for hydroxylation is 1. The smallest absolute Gasteiger partial charge is 0.414 e. The number of piperidine rings is 1. The lowest BCUT2D eigenvalue weighted by molar-refractivity contribution is -0.135. The van der Waals surface area contributed by atoms with Crippen molar-refractivity contribution in [2.24, 2.45) is 0 Å². The van der Waals surface area contributed by atoms with Crippen LogP contribution in [0.1, 0.15) is 67.3 Å². The standard InChI is InChI=1S/C36H42Cl2FN3O7S/c1-6-35(7-2,33(43)41-50(5,45)46)49-31-13-10-23(37)18-27(31)28-14-15-40-32(26-20-25(39)11-8-22(26)3)36(28)21-42(34(44)48-17-16-47-4)30-19-24(38)9-12-29(30)36/h8-13,18-20,28,32,40H,6-7,14-17,21H2,1-5H3,(H,41,43)/t28-,32-,36-/m0/s1. The predicted molar refractivity (Wildman–Crippen MR) is 191 cm³/mol. The van der Waals surface area contributed by atoms with E-state index in [9.17, 15) is 18.0 Å². The molecule has 2 aliphatic rings. The Labute approximate surface area is 302 Å². The lowest BCUT2D eigenvalue weighted by Gasteiger charge is -2.49. The number of hydrogen-bond donors (Lipinski definition) is 2. The van der Waals surface area contributed by atoms with Gasteiger partial charge in [0, 0.05) is 41.1 Å². The third kappa shape index (κ3) is 7.32. The largest absolute Gasteiger partial charge is 0.477 e. The van der Waals surface area contributed by atoms with Gasteiger partial charge in [-0.05, 0) is 97.4 Å². The molecule has 10 nitrogen and oxygen atoms in total. The zero-order valence-corrected chi connectivity index (χ0v) is 31.0. The number of nitrogens with one attached hydrogen (secondary N) is 2. The van der Waals surface area contributed by atoms with E-state index in [2.05, 4.69) is 10.0 Å². The lowest BCUT2D eigenvalue weighted by Crippen LogP contribution is -2.55. The molecule has 3 atom stereocenters. The molecule has 2 N–H and O–H groups in total. The van der Waals surface area contributed by atoms with Crippen molar-refractivity contribution in [2.45, 2.75) is 63.0 Å². The molecular formula is C36H42Cl2FN3O7S. The Morgan fingerprint density at radius 3 is 2.42 bits per heavy atom. The fraction of sp³-hybridized carbons (Fsp3) is 0.444. The summed E-state index contributed by atoms with van der Waals surface area (Å²) in [6.07, 6.45) is 1.17. The van der Waals surface area contributed by atoms with Gasteiger partial charge in [-0.25, -0.2) is 22.3 Å². The SMILES string of the molecule is CCC(CC)(Oc1ccc(Cl)cc1[C@@H]1CCN[C@@H](c2cc(F)ccc2C)[C@@]12CN(C(=O)OCCOC)c1cc(Cl)ccc12)C(=O)NS(C)(=O)=O. The summed E-state index contributed by atoms with van der Waals surface area (Å²) in [6, 6.07) is 14.6. The number of carbonyl (C=O) groups excluding carboxylic acids is 2. The zero-order chi connectivity index (χ0) is 36.4. The maximum Gasteiger partial charge on any atom is 0.414 e. The van der Waals surface area contributed by atoms with Crippen LogP contribution in [-0.4, -0.2) is 65.7 Å². The number of fused-ring (bicyclic) bond motifs is 2. The van der Waals surface area contributed by atoms with E-state index >= 15 is 4.39 Å². The van der Waals surface area contributed by atoms with Gasteiger partial charge in [0.25, 0.3) is 5.91 Å². The molecule has 2 heterocycles. The van der Waals surface area contributed by atoms with Crippen molar-refractivity contribution in [2.75, 3.05) is 44.6 Å². The Balaban J connectivity index is 1.75. The highest BCUT2D eigenvalue weighted by molar-refractivity contribution is 7.89. The first kappa shape index (κ1) is 37.8. The average molecular weight is 751 g/mol. The summed E-state index contributed by atoms with van der Waals surface area (Å²) in [4.78, 5) is 28.8. The molecule has 14 heteroatoms. The number of rotatable bonds is 11. The Kier molecular flexibility index (Phi) is 11.4. The summed E-state index contributed by atoms with van der Waals surface area (Å²) in [6.45, 7) is 6.25. The molecule has 5 rings (SSSR count). The third-order valence-electron chi connectivity index (χ3n) is 9.86. The predicted octanol–water partition coefficient (Wildman–Crippen LogP) is 6.81. The number of anilines is 1. The van der Waals surface area contributed by atoms with Crippen LogP contribution in [0, 0.1) is 12.7 Å². The second kappa shape index (κ2) is 15.1. The van der Waals surface area contributed by atoms with E-state index in [0.29, 0.717) is 45.6 Å². The highest BCUT2D eigenvalue weighted by Crippen LogP contribution is 2.60. The molecule has 1 fully saturated rings. The summed E-state index contributed by atoms with van der Waals surface area (Å²) in [7, 11) is -2.37. The van der Waals surface area contributed by atoms with Crippen molar-refractivity contribution in [3.05, 3.63) is 92.7 Å². The Morgan fingerprint density at radius 2 is 1.74 bits per heavy atom. The van der Waals surface area contributed by atoms with E-state index < -0.39 is 50.8 Å². The normalized spacial score (nSPS) is 20.4. The highest BCUT2D eigenvalue weighted by Gasteiger charge is 2.58. The fourth-order valence-electron chi connectivity index (χ4n) is 7.43. The van der Waals surface area contributed by atoms with Crippen molar-refractivity contribution in [3.8, 4) is 5.75 Å². The minimum Gasteiger partial charge on any atom is -0.477 e. The molecule has 0 bridgehead atoms. The Bertz CT molecular complexity index is 1870. The summed E-state index contributed by atoms with van der Waals surface area (Å²) in [5.41, 5.74) is 0.996. The summed E-state index contributed by atoms with van der Waals surface area (Å²) < 4.78 is 58.8. The van der Waals surface area contributed by atoms with Crippen LogP contribution >= 0.6 is 23.2 Å². The van der Waals surface area contributed by atoms with E-state index in [-0.39, 0.29) is 32.6 Å². The number of halogens is 3. The molecule has 270 valence electrons. The molecular weight excluding hydrogens is 708 g/mol. The molecule has 2 amide bonds. The van der Waals surface area contributed by atoms with Crippen molar-refractivity contribution in [3.63, 3.8) is 0 Å². The number of nitrogens with zero attached hydrogens (tertiary/aromatic N) is 1. The first-order chi connectivity index (χ1) is 23.7. The molecule has 0 aliphatic carbocycles. The van der Waals surface area contributed by atoms with Crippen LogP contribution in [0.2, 0.25) is 10.0 Å². The van der Waals surface area contributed by atoms with Crippen LogP contribution in [0.3, 0.4) is 0 Å². The van der Waals surface area contributed by atoms with Crippen LogP contribution in [-0.2, 0) is 29.7 Å². The van der Waals surface area contributed by atoms with Gasteiger partial charge in [0.1, 0.15) is 18.2 Å². The van der Waals surface area contributed by atoms with Crippen LogP contribution in [0.4, 0.5) is 14.9 Å². The number of ether oxygens (including phenoxy) is 3. The highest BCUT2D eigenvalue weighted by atomic mass is 35.5. The van der Waals surface area contributed by atoms with Crippen LogP contribution in [0.5, 0.6) is 5.75 Å². The van der Waals surface area contributed by atoms with Crippen molar-refractivity contribution < 1.29 is 36.6 Å². The number of methoxy groups -OCH3 is 1. The molecule has 1 saturated heterocycles. The first-order valence-electron chi connectivity index (χ1n) is 16.4. The van der Waals surface area contributed by atoms with Gasteiger partial charge in [-0.3, -0.25) is 9.69 Å². The van der Waals surface area contributed by atoms with Gasteiger partial charge in [-0.15, -0.1) is 0 Å². The van der Waals surface area contributed by atoms with E-state index in [4.69, 9.17) is 37.4 Å². The molecule has 0 radical (unpaired) electrons. The van der Waals surface area contributed by atoms with E-state index in [1.807, 2.05) is 13.0 Å².